The monoisotopic (exact) mass is 186 g/mol. The smallest absolute Gasteiger partial charge is 0.0430 e. The second-order valence-corrected chi connectivity index (χ2v) is 1.08. The average Bonchev–Trinajstić information content (AvgIpc) is 1.98. The third-order valence-corrected chi connectivity index (χ3v) is 0.512. The molecule has 0 spiro atoms. The van der Waals surface area contributed by atoms with Crippen molar-refractivity contribution in [3.05, 3.63) is 0 Å². The predicted octanol–water partition coefficient (Wildman–Crippen LogP) is -0.00670. The largest absolute Gasteiger partial charge is 0.400 e. The quantitative estimate of drug-likeness (QED) is 0.531. The van der Waals surface area contributed by atoms with Crippen LogP contribution >= 0.6 is 0 Å². The molecule has 0 aliphatic heterocycles. The molecule has 64 valence electrons. The normalized spacial score (nSPS) is 5.40. The minimum atomic E-state index is 0. The van der Waals surface area contributed by atoms with E-state index < -0.39 is 0 Å². The number of rotatable bonds is 2. The van der Waals surface area contributed by atoms with Gasteiger partial charge in [0.05, 0.1) is 0 Å². The van der Waals surface area contributed by atoms with Crippen molar-refractivity contribution in [2.24, 2.45) is 0 Å². The van der Waals surface area contributed by atoms with E-state index in [1.165, 1.54) is 0 Å². The van der Waals surface area contributed by atoms with Crippen LogP contribution in [0.1, 0.15) is 19.8 Å². The summed E-state index contributed by atoms with van der Waals surface area (Å²) in [6, 6.07) is 0. The minimum Gasteiger partial charge on any atom is -0.400 e. The molecule has 0 fully saturated rings. The molecule has 0 saturated carbocycles. The van der Waals surface area contributed by atoms with Crippen molar-refractivity contribution >= 4 is 0 Å². The van der Waals surface area contributed by atoms with E-state index >= 15 is 0 Å². The van der Waals surface area contributed by atoms with Crippen LogP contribution in [0.3, 0.4) is 0 Å². The van der Waals surface area contributed by atoms with Gasteiger partial charge in [-0.25, -0.2) is 0 Å². The Morgan fingerprint density at radius 3 is 1.30 bits per heavy atom. The Hall–Kier alpha value is 0.594. The number of aliphatic hydroxyl groups is 3. The van der Waals surface area contributed by atoms with Gasteiger partial charge >= 0.3 is 0 Å². The SMILES string of the molecule is CCCCO.CO.CO.[Ti]. The Labute approximate surface area is 78.0 Å². The maximum absolute atomic E-state index is 8.07. The van der Waals surface area contributed by atoms with Gasteiger partial charge < -0.3 is 15.3 Å². The molecule has 0 unspecified atom stereocenters. The van der Waals surface area contributed by atoms with Crippen molar-refractivity contribution in [1.82, 2.24) is 0 Å². The van der Waals surface area contributed by atoms with Crippen molar-refractivity contribution in [2.75, 3.05) is 20.8 Å². The van der Waals surface area contributed by atoms with E-state index in [9.17, 15) is 0 Å². The molecular formula is C6H18O3Ti. The summed E-state index contributed by atoms with van der Waals surface area (Å²) in [6.45, 7) is 2.40. The summed E-state index contributed by atoms with van der Waals surface area (Å²) >= 11 is 0. The summed E-state index contributed by atoms with van der Waals surface area (Å²) in [5.41, 5.74) is 0. The van der Waals surface area contributed by atoms with Gasteiger partial charge in [0.1, 0.15) is 0 Å². The first-order valence-corrected chi connectivity index (χ1v) is 2.92. The van der Waals surface area contributed by atoms with Gasteiger partial charge in [-0.2, -0.15) is 0 Å². The molecule has 0 aromatic carbocycles. The standard InChI is InChI=1S/C4H10O.2CH4O.Ti/c1-2-3-4-5;2*1-2;/h5H,2-4H2,1H3;2*2H,1H3;. The fourth-order valence-corrected chi connectivity index (χ4v) is 0.158. The first kappa shape index (κ1) is 22.4. The number of aliphatic hydroxyl groups excluding tert-OH is 3. The van der Waals surface area contributed by atoms with Crippen molar-refractivity contribution < 1.29 is 37.0 Å². The van der Waals surface area contributed by atoms with Crippen LogP contribution in [0.15, 0.2) is 0 Å². The second kappa shape index (κ2) is 54.9. The topological polar surface area (TPSA) is 60.7 Å². The Bertz CT molecular complexity index is 20.5. The van der Waals surface area contributed by atoms with Gasteiger partial charge in [-0.05, 0) is 6.42 Å². The number of unbranched alkanes of at least 4 members (excludes halogenated alkanes) is 1. The van der Waals surface area contributed by atoms with E-state index in [0.29, 0.717) is 6.61 Å². The van der Waals surface area contributed by atoms with Crippen molar-refractivity contribution in [3.63, 3.8) is 0 Å². The van der Waals surface area contributed by atoms with Gasteiger partial charge in [-0.3, -0.25) is 0 Å². The summed E-state index contributed by atoms with van der Waals surface area (Å²) in [5, 5.41) is 22.1. The molecule has 3 nitrogen and oxygen atoms in total. The average molecular weight is 186 g/mol. The molecule has 4 heteroatoms. The minimum absolute atomic E-state index is 0. The van der Waals surface area contributed by atoms with Gasteiger partial charge in [0.2, 0.25) is 0 Å². The van der Waals surface area contributed by atoms with Gasteiger partial charge in [0.25, 0.3) is 0 Å². The number of hydrogen-bond acceptors (Lipinski definition) is 3. The van der Waals surface area contributed by atoms with Gasteiger partial charge in [-0.15, -0.1) is 0 Å². The van der Waals surface area contributed by atoms with Crippen LogP contribution in [0.5, 0.6) is 0 Å². The zero-order valence-electron chi connectivity index (χ0n) is 6.96. The van der Waals surface area contributed by atoms with E-state index in [4.69, 9.17) is 15.3 Å². The zero-order chi connectivity index (χ0) is 8.12. The van der Waals surface area contributed by atoms with Gasteiger partial charge in [-0.1, -0.05) is 13.3 Å². The summed E-state index contributed by atoms with van der Waals surface area (Å²) in [6.07, 6.45) is 2.04. The van der Waals surface area contributed by atoms with E-state index in [2.05, 4.69) is 6.92 Å². The molecule has 0 saturated heterocycles. The Balaban J connectivity index is -0.0000000315. The molecule has 0 rings (SSSR count). The number of hydrogen-bond donors (Lipinski definition) is 3. The summed E-state index contributed by atoms with van der Waals surface area (Å²) in [4.78, 5) is 0. The van der Waals surface area contributed by atoms with E-state index in [1.807, 2.05) is 0 Å². The van der Waals surface area contributed by atoms with Crippen molar-refractivity contribution in [3.8, 4) is 0 Å². The molecule has 0 heterocycles. The zero-order valence-corrected chi connectivity index (χ0v) is 8.52. The second-order valence-electron chi connectivity index (χ2n) is 1.08. The third kappa shape index (κ3) is 73.6. The van der Waals surface area contributed by atoms with Crippen LogP contribution in [0.4, 0.5) is 0 Å². The van der Waals surface area contributed by atoms with Crippen molar-refractivity contribution in [2.45, 2.75) is 19.8 Å². The summed E-state index contributed by atoms with van der Waals surface area (Å²) in [5.74, 6) is 0. The van der Waals surface area contributed by atoms with Crippen molar-refractivity contribution in [1.29, 1.82) is 0 Å². The van der Waals surface area contributed by atoms with Gasteiger partial charge in [0.15, 0.2) is 0 Å². The molecule has 0 bridgehead atoms. The Morgan fingerprint density at radius 1 is 1.00 bits per heavy atom. The maximum atomic E-state index is 8.07. The summed E-state index contributed by atoms with van der Waals surface area (Å²) in [7, 11) is 2.00. The fourth-order valence-electron chi connectivity index (χ4n) is 0.158. The third-order valence-electron chi connectivity index (χ3n) is 0.512. The van der Waals surface area contributed by atoms with Crippen LogP contribution in [0, 0.1) is 0 Å². The first-order valence-electron chi connectivity index (χ1n) is 2.92. The molecule has 0 aromatic rings. The van der Waals surface area contributed by atoms with Crippen LogP contribution in [-0.2, 0) is 21.7 Å². The molecule has 0 aromatic heterocycles. The molecule has 0 aliphatic rings. The molecular weight excluding hydrogens is 168 g/mol. The molecule has 0 radical (unpaired) electrons. The first-order chi connectivity index (χ1) is 4.41. The van der Waals surface area contributed by atoms with Crippen LogP contribution in [-0.4, -0.2) is 36.1 Å². The molecule has 10 heavy (non-hydrogen) atoms. The summed E-state index contributed by atoms with van der Waals surface area (Å²) < 4.78 is 0. The van der Waals surface area contributed by atoms with Crippen LogP contribution < -0.4 is 0 Å². The van der Waals surface area contributed by atoms with E-state index in [1.54, 1.807) is 0 Å². The Kier molecular flexibility index (Phi) is 123. The van der Waals surface area contributed by atoms with E-state index in [0.717, 1.165) is 27.1 Å². The van der Waals surface area contributed by atoms with Crippen LogP contribution in [0.25, 0.3) is 0 Å². The Morgan fingerprint density at radius 2 is 1.30 bits per heavy atom. The van der Waals surface area contributed by atoms with Crippen LogP contribution in [0.2, 0.25) is 0 Å². The maximum Gasteiger partial charge on any atom is 0.0430 e. The molecule has 0 amide bonds. The van der Waals surface area contributed by atoms with Gasteiger partial charge in [0, 0.05) is 42.5 Å². The molecule has 0 atom stereocenters. The molecule has 3 N–H and O–H groups in total. The predicted molar refractivity (Wildman–Crippen MR) is 38.3 cm³/mol. The van der Waals surface area contributed by atoms with E-state index in [-0.39, 0.29) is 21.7 Å². The fraction of sp³-hybridized carbons (Fsp3) is 1.00. The molecule has 0 aliphatic carbocycles.